The summed E-state index contributed by atoms with van der Waals surface area (Å²) in [6, 6.07) is 4.17. The predicted octanol–water partition coefficient (Wildman–Crippen LogP) is 0.988. The van der Waals surface area contributed by atoms with Gasteiger partial charge in [-0.3, -0.25) is 0 Å². The maximum atomic E-state index is 11.7. The molecule has 1 aliphatic heterocycles. The molecule has 20 heavy (non-hydrogen) atoms. The van der Waals surface area contributed by atoms with Gasteiger partial charge < -0.3 is 10.2 Å². The van der Waals surface area contributed by atoms with Crippen LogP contribution in [0.2, 0.25) is 0 Å². The van der Waals surface area contributed by atoms with Gasteiger partial charge in [0, 0.05) is 25.3 Å². The highest BCUT2D eigenvalue weighted by molar-refractivity contribution is 7.91. The minimum absolute atomic E-state index is 0.229. The summed E-state index contributed by atoms with van der Waals surface area (Å²) in [5, 5.41) is 3.15. The Bertz CT molecular complexity index is 558. The van der Waals surface area contributed by atoms with E-state index in [4.69, 9.17) is 0 Å². The number of nitrogens with zero attached hydrogens (tertiary/aromatic N) is 2. The molecule has 1 aliphatic rings. The van der Waals surface area contributed by atoms with Crippen molar-refractivity contribution in [3.63, 3.8) is 0 Å². The minimum atomic E-state index is -2.88. The van der Waals surface area contributed by atoms with Gasteiger partial charge in [0.1, 0.15) is 5.82 Å². The van der Waals surface area contributed by atoms with Crippen molar-refractivity contribution in [3.8, 4) is 0 Å². The lowest BCUT2D eigenvalue weighted by Crippen LogP contribution is -2.28. The summed E-state index contributed by atoms with van der Waals surface area (Å²) in [5.41, 5.74) is 2.25. The molecule has 0 amide bonds. The fraction of sp³-hybridized carbons (Fsp3) is 0.643. The average Bonchev–Trinajstić information content (AvgIpc) is 2.59. The topological polar surface area (TPSA) is 62.3 Å². The number of hydrogen-bond donors (Lipinski definition) is 1. The molecule has 1 aromatic heterocycles. The molecule has 0 aliphatic carbocycles. The van der Waals surface area contributed by atoms with E-state index in [0.717, 1.165) is 31.0 Å². The Balaban J connectivity index is 2.24. The molecule has 0 unspecified atom stereocenters. The summed E-state index contributed by atoms with van der Waals surface area (Å²) in [4.78, 5) is 6.75. The second-order valence-electron chi connectivity index (χ2n) is 5.20. The molecule has 2 rings (SSSR count). The van der Waals surface area contributed by atoms with Crippen LogP contribution < -0.4 is 10.2 Å². The quantitative estimate of drug-likeness (QED) is 0.898. The lowest BCUT2D eigenvalue weighted by Gasteiger charge is -2.22. The van der Waals surface area contributed by atoms with E-state index in [2.05, 4.69) is 34.3 Å². The normalized spacial score (nSPS) is 18.8. The number of pyridine rings is 1. The van der Waals surface area contributed by atoms with Crippen molar-refractivity contribution in [3.05, 3.63) is 23.4 Å². The van der Waals surface area contributed by atoms with E-state index in [-0.39, 0.29) is 5.75 Å². The largest absolute Gasteiger partial charge is 0.356 e. The van der Waals surface area contributed by atoms with Gasteiger partial charge in [0.2, 0.25) is 0 Å². The van der Waals surface area contributed by atoms with Crippen LogP contribution in [0.4, 0.5) is 5.82 Å². The van der Waals surface area contributed by atoms with Crippen LogP contribution in [-0.4, -0.2) is 45.0 Å². The van der Waals surface area contributed by atoms with Crippen LogP contribution in [-0.2, 0) is 22.8 Å². The summed E-state index contributed by atoms with van der Waals surface area (Å²) in [7, 11) is -0.957. The van der Waals surface area contributed by atoms with Gasteiger partial charge in [0.25, 0.3) is 0 Å². The number of rotatable bonds is 4. The zero-order chi connectivity index (χ0) is 14.6. The predicted molar refractivity (Wildman–Crippen MR) is 81.9 cm³/mol. The molecule has 0 radical (unpaired) electrons. The lowest BCUT2D eigenvalue weighted by molar-refractivity contribution is 0.597. The molecule has 0 aromatic carbocycles. The molecule has 0 bridgehead atoms. The smallest absolute Gasteiger partial charge is 0.152 e. The Hall–Kier alpha value is -1.14. The van der Waals surface area contributed by atoms with E-state index < -0.39 is 9.84 Å². The van der Waals surface area contributed by atoms with Gasteiger partial charge in [-0.15, -0.1) is 0 Å². The first-order valence-corrected chi connectivity index (χ1v) is 8.96. The van der Waals surface area contributed by atoms with E-state index in [1.54, 1.807) is 0 Å². The molecular formula is C14H23N3O2S. The zero-order valence-corrected chi connectivity index (χ0v) is 13.0. The van der Waals surface area contributed by atoms with Crippen molar-refractivity contribution in [2.45, 2.75) is 26.3 Å². The van der Waals surface area contributed by atoms with E-state index in [1.807, 2.05) is 7.05 Å². The standard InChI is InChI=1S/C14H23N3O2S/c1-3-13-9-12(11-15-2)10-14(16-13)17-5-4-7-20(18,19)8-6-17/h9-10,15H,3-8,11H2,1-2H3. The highest BCUT2D eigenvalue weighted by Crippen LogP contribution is 2.18. The minimum Gasteiger partial charge on any atom is -0.356 e. The van der Waals surface area contributed by atoms with E-state index in [0.29, 0.717) is 18.7 Å². The Kier molecular flexibility index (Phi) is 4.99. The van der Waals surface area contributed by atoms with Gasteiger partial charge in [0.15, 0.2) is 9.84 Å². The first kappa shape index (κ1) is 15.3. The van der Waals surface area contributed by atoms with Crippen molar-refractivity contribution in [1.82, 2.24) is 10.3 Å². The number of aryl methyl sites for hydroxylation is 1. The summed E-state index contributed by atoms with van der Waals surface area (Å²) >= 11 is 0. The van der Waals surface area contributed by atoms with Crippen molar-refractivity contribution in [2.24, 2.45) is 0 Å². The molecule has 2 heterocycles. The van der Waals surface area contributed by atoms with Gasteiger partial charge >= 0.3 is 0 Å². The van der Waals surface area contributed by atoms with Crippen LogP contribution in [0.3, 0.4) is 0 Å². The van der Waals surface area contributed by atoms with Crippen molar-refractivity contribution < 1.29 is 8.42 Å². The van der Waals surface area contributed by atoms with Crippen LogP contribution in [0.5, 0.6) is 0 Å². The van der Waals surface area contributed by atoms with E-state index in [9.17, 15) is 8.42 Å². The number of hydrogen-bond acceptors (Lipinski definition) is 5. The van der Waals surface area contributed by atoms with Gasteiger partial charge in [-0.25, -0.2) is 13.4 Å². The Labute approximate surface area is 121 Å². The second kappa shape index (κ2) is 6.54. The first-order valence-electron chi connectivity index (χ1n) is 7.14. The molecule has 0 atom stereocenters. The maximum absolute atomic E-state index is 11.7. The van der Waals surface area contributed by atoms with Gasteiger partial charge in [-0.2, -0.15) is 0 Å². The van der Waals surface area contributed by atoms with Gasteiger partial charge in [-0.05, 0) is 37.6 Å². The third-order valence-corrected chi connectivity index (χ3v) is 5.26. The second-order valence-corrected chi connectivity index (χ2v) is 7.50. The van der Waals surface area contributed by atoms with Crippen LogP contribution >= 0.6 is 0 Å². The monoisotopic (exact) mass is 297 g/mol. The molecule has 1 fully saturated rings. The summed E-state index contributed by atoms with van der Waals surface area (Å²) < 4.78 is 23.4. The highest BCUT2D eigenvalue weighted by atomic mass is 32.2. The molecule has 1 N–H and O–H groups in total. The summed E-state index contributed by atoms with van der Waals surface area (Å²) in [6.07, 6.45) is 1.57. The Morgan fingerprint density at radius 2 is 2.10 bits per heavy atom. The van der Waals surface area contributed by atoms with Gasteiger partial charge in [-0.1, -0.05) is 6.92 Å². The molecule has 0 saturated carbocycles. The molecule has 112 valence electrons. The number of sulfone groups is 1. The number of nitrogens with one attached hydrogen (secondary N) is 1. The molecular weight excluding hydrogens is 274 g/mol. The Morgan fingerprint density at radius 1 is 1.30 bits per heavy atom. The zero-order valence-electron chi connectivity index (χ0n) is 12.2. The van der Waals surface area contributed by atoms with E-state index >= 15 is 0 Å². The SMILES string of the molecule is CCc1cc(CNC)cc(N2CCCS(=O)(=O)CC2)n1. The molecule has 5 nitrogen and oxygen atoms in total. The molecule has 1 saturated heterocycles. The highest BCUT2D eigenvalue weighted by Gasteiger charge is 2.20. The average molecular weight is 297 g/mol. The first-order chi connectivity index (χ1) is 9.54. The summed E-state index contributed by atoms with van der Waals surface area (Å²) in [6.45, 7) is 4.19. The third kappa shape index (κ3) is 3.93. The van der Waals surface area contributed by atoms with Crippen molar-refractivity contribution in [1.29, 1.82) is 0 Å². The molecule has 0 spiro atoms. The third-order valence-electron chi connectivity index (χ3n) is 3.55. The number of anilines is 1. The maximum Gasteiger partial charge on any atom is 0.152 e. The van der Waals surface area contributed by atoms with E-state index in [1.165, 1.54) is 5.56 Å². The van der Waals surface area contributed by atoms with Gasteiger partial charge in [0.05, 0.1) is 11.5 Å². The fourth-order valence-electron chi connectivity index (χ4n) is 2.45. The van der Waals surface area contributed by atoms with Crippen molar-refractivity contribution in [2.75, 3.05) is 36.5 Å². The van der Waals surface area contributed by atoms with Crippen LogP contribution in [0.15, 0.2) is 12.1 Å². The number of aromatic nitrogens is 1. The van der Waals surface area contributed by atoms with Crippen molar-refractivity contribution >= 4 is 15.7 Å². The Morgan fingerprint density at radius 3 is 2.80 bits per heavy atom. The summed E-state index contributed by atoms with van der Waals surface area (Å²) in [5.74, 6) is 1.43. The molecule has 6 heteroatoms. The fourth-order valence-corrected chi connectivity index (χ4v) is 3.72. The van der Waals surface area contributed by atoms with Crippen LogP contribution in [0.1, 0.15) is 24.6 Å². The molecule has 1 aromatic rings. The lowest BCUT2D eigenvalue weighted by atomic mass is 10.2. The van der Waals surface area contributed by atoms with Crippen LogP contribution in [0.25, 0.3) is 0 Å². The van der Waals surface area contributed by atoms with Crippen LogP contribution in [0, 0.1) is 0 Å².